The molecule has 0 saturated heterocycles. The van der Waals surface area contributed by atoms with E-state index in [0.717, 1.165) is 24.2 Å². The molecule has 156 valence electrons. The first-order valence-electron chi connectivity index (χ1n) is 9.66. The number of benzene rings is 2. The van der Waals surface area contributed by atoms with Gasteiger partial charge in [-0.3, -0.25) is 14.2 Å². The SMILES string of the molecule is COc1cc(CNC(=O)c2ccc3c(=O)n4c(nc3c2)CCC4)cc(OC)c1OC. The van der Waals surface area contributed by atoms with Gasteiger partial charge in [0.2, 0.25) is 5.75 Å². The van der Waals surface area contributed by atoms with Crippen molar-refractivity contribution in [3.8, 4) is 17.2 Å². The molecule has 1 aliphatic rings. The van der Waals surface area contributed by atoms with Gasteiger partial charge in [-0.05, 0) is 42.3 Å². The lowest BCUT2D eigenvalue weighted by Crippen LogP contribution is -2.24. The van der Waals surface area contributed by atoms with Crippen molar-refractivity contribution in [3.05, 3.63) is 57.6 Å². The molecule has 1 amide bonds. The van der Waals surface area contributed by atoms with E-state index in [1.807, 2.05) is 0 Å². The maximum Gasteiger partial charge on any atom is 0.261 e. The summed E-state index contributed by atoms with van der Waals surface area (Å²) < 4.78 is 17.7. The highest BCUT2D eigenvalue weighted by Crippen LogP contribution is 2.38. The Morgan fingerprint density at radius 1 is 1.10 bits per heavy atom. The van der Waals surface area contributed by atoms with E-state index in [9.17, 15) is 9.59 Å². The van der Waals surface area contributed by atoms with Crippen molar-refractivity contribution in [2.75, 3.05) is 21.3 Å². The molecule has 1 aliphatic heterocycles. The highest BCUT2D eigenvalue weighted by Gasteiger charge is 2.18. The van der Waals surface area contributed by atoms with Crippen molar-refractivity contribution >= 4 is 16.8 Å². The van der Waals surface area contributed by atoms with Gasteiger partial charge >= 0.3 is 0 Å². The molecule has 2 aromatic carbocycles. The molecule has 0 fully saturated rings. The van der Waals surface area contributed by atoms with E-state index < -0.39 is 0 Å². The number of fused-ring (bicyclic) bond motifs is 2. The number of methoxy groups -OCH3 is 3. The second-order valence-corrected chi connectivity index (χ2v) is 7.04. The maximum absolute atomic E-state index is 12.7. The van der Waals surface area contributed by atoms with Gasteiger partial charge in [0.1, 0.15) is 5.82 Å². The molecule has 0 atom stereocenters. The number of nitrogens with one attached hydrogen (secondary N) is 1. The molecule has 8 heteroatoms. The van der Waals surface area contributed by atoms with Gasteiger partial charge in [0, 0.05) is 25.1 Å². The number of ether oxygens (including phenoxy) is 3. The van der Waals surface area contributed by atoms with Crippen LogP contribution in [-0.4, -0.2) is 36.8 Å². The summed E-state index contributed by atoms with van der Waals surface area (Å²) >= 11 is 0. The Morgan fingerprint density at radius 3 is 2.50 bits per heavy atom. The Morgan fingerprint density at radius 2 is 1.83 bits per heavy atom. The quantitative estimate of drug-likeness (QED) is 0.672. The normalized spacial score (nSPS) is 12.5. The Bertz CT molecular complexity index is 1160. The number of rotatable bonds is 6. The van der Waals surface area contributed by atoms with Gasteiger partial charge in [0.15, 0.2) is 11.5 Å². The fourth-order valence-corrected chi connectivity index (χ4v) is 3.75. The molecule has 0 bridgehead atoms. The minimum absolute atomic E-state index is 0.0446. The summed E-state index contributed by atoms with van der Waals surface area (Å²) in [5, 5.41) is 3.41. The summed E-state index contributed by atoms with van der Waals surface area (Å²) in [6.07, 6.45) is 1.70. The van der Waals surface area contributed by atoms with E-state index in [-0.39, 0.29) is 18.0 Å². The fraction of sp³-hybridized carbons (Fsp3) is 0.318. The first-order valence-corrected chi connectivity index (χ1v) is 9.66. The highest BCUT2D eigenvalue weighted by atomic mass is 16.5. The average Bonchev–Trinajstić information content (AvgIpc) is 3.25. The van der Waals surface area contributed by atoms with Gasteiger partial charge in [-0.15, -0.1) is 0 Å². The number of carbonyl (C=O) groups excluding carboxylic acids is 1. The largest absolute Gasteiger partial charge is 0.493 e. The van der Waals surface area contributed by atoms with Crippen molar-refractivity contribution in [1.82, 2.24) is 14.9 Å². The van der Waals surface area contributed by atoms with Crippen LogP contribution in [0.3, 0.4) is 0 Å². The van der Waals surface area contributed by atoms with Gasteiger partial charge in [0.05, 0.1) is 32.2 Å². The van der Waals surface area contributed by atoms with Crippen LogP contribution in [0, 0.1) is 0 Å². The summed E-state index contributed by atoms with van der Waals surface area (Å²) in [4.78, 5) is 29.9. The zero-order valence-electron chi connectivity index (χ0n) is 17.2. The third-order valence-corrected chi connectivity index (χ3v) is 5.26. The lowest BCUT2D eigenvalue weighted by molar-refractivity contribution is 0.0951. The molecule has 0 radical (unpaired) electrons. The predicted octanol–water partition coefficient (Wildman–Crippen LogP) is 2.30. The minimum atomic E-state index is -0.256. The molecule has 2 heterocycles. The topological polar surface area (TPSA) is 91.7 Å². The summed E-state index contributed by atoms with van der Waals surface area (Å²) in [5.41, 5.74) is 1.75. The summed E-state index contributed by atoms with van der Waals surface area (Å²) in [6.45, 7) is 0.974. The second-order valence-electron chi connectivity index (χ2n) is 7.04. The maximum atomic E-state index is 12.7. The third kappa shape index (κ3) is 3.45. The van der Waals surface area contributed by atoms with Crippen molar-refractivity contribution in [2.45, 2.75) is 25.9 Å². The zero-order valence-corrected chi connectivity index (χ0v) is 17.2. The smallest absolute Gasteiger partial charge is 0.261 e. The Kier molecular flexibility index (Phi) is 5.31. The standard InChI is InChI=1S/C22H23N3O5/c1-28-17-9-13(10-18(29-2)20(17)30-3)12-23-21(26)14-6-7-15-16(11-14)24-19-5-4-8-25(19)22(15)27/h6-7,9-11H,4-5,8,12H2,1-3H3,(H,23,26). The lowest BCUT2D eigenvalue weighted by Gasteiger charge is -2.14. The number of amides is 1. The van der Waals surface area contributed by atoms with E-state index in [1.54, 1.807) is 49.1 Å². The highest BCUT2D eigenvalue weighted by molar-refractivity contribution is 5.97. The van der Waals surface area contributed by atoms with Crippen molar-refractivity contribution < 1.29 is 19.0 Å². The summed E-state index contributed by atoms with van der Waals surface area (Å²) in [5.74, 6) is 2.06. The number of hydrogen-bond acceptors (Lipinski definition) is 6. The number of aryl methyl sites for hydroxylation is 1. The van der Waals surface area contributed by atoms with Crippen LogP contribution in [0.5, 0.6) is 17.2 Å². The van der Waals surface area contributed by atoms with Gasteiger partial charge in [-0.25, -0.2) is 4.98 Å². The number of aromatic nitrogens is 2. The van der Waals surface area contributed by atoms with E-state index in [0.29, 0.717) is 40.3 Å². The molecule has 1 N–H and O–H groups in total. The van der Waals surface area contributed by atoms with Crippen LogP contribution in [-0.2, 0) is 19.5 Å². The van der Waals surface area contributed by atoms with Gasteiger partial charge in [0.25, 0.3) is 11.5 Å². The van der Waals surface area contributed by atoms with Crippen LogP contribution in [0.2, 0.25) is 0 Å². The Labute approximate surface area is 173 Å². The Balaban J connectivity index is 1.57. The van der Waals surface area contributed by atoms with E-state index in [2.05, 4.69) is 10.3 Å². The van der Waals surface area contributed by atoms with E-state index in [1.165, 1.54) is 7.11 Å². The van der Waals surface area contributed by atoms with Crippen molar-refractivity contribution in [2.24, 2.45) is 0 Å². The monoisotopic (exact) mass is 409 g/mol. The van der Waals surface area contributed by atoms with Crippen LogP contribution in [0.25, 0.3) is 10.9 Å². The molecule has 3 aromatic rings. The van der Waals surface area contributed by atoms with Gasteiger partial charge in [-0.2, -0.15) is 0 Å². The molecular weight excluding hydrogens is 386 g/mol. The average molecular weight is 409 g/mol. The molecule has 0 unspecified atom stereocenters. The summed E-state index contributed by atoms with van der Waals surface area (Å²) in [6, 6.07) is 8.56. The van der Waals surface area contributed by atoms with Crippen LogP contribution in [0.15, 0.2) is 35.1 Å². The van der Waals surface area contributed by atoms with Crippen LogP contribution >= 0.6 is 0 Å². The second kappa shape index (κ2) is 8.06. The number of carbonyl (C=O) groups is 1. The molecule has 4 rings (SSSR count). The molecule has 8 nitrogen and oxygen atoms in total. The first kappa shape index (κ1) is 19.8. The van der Waals surface area contributed by atoms with Gasteiger partial charge < -0.3 is 19.5 Å². The van der Waals surface area contributed by atoms with Gasteiger partial charge in [-0.1, -0.05) is 0 Å². The predicted molar refractivity (Wildman–Crippen MR) is 112 cm³/mol. The molecule has 0 spiro atoms. The van der Waals surface area contributed by atoms with Crippen LogP contribution in [0.4, 0.5) is 0 Å². The van der Waals surface area contributed by atoms with Crippen molar-refractivity contribution in [3.63, 3.8) is 0 Å². The number of nitrogens with zero attached hydrogens (tertiary/aromatic N) is 2. The third-order valence-electron chi connectivity index (χ3n) is 5.26. The lowest BCUT2D eigenvalue weighted by atomic mass is 10.1. The number of hydrogen-bond donors (Lipinski definition) is 1. The van der Waals surface area contributed by atoms with E-state index in [4.69, 9.17) is 14.2 Å². The minimum Gasteiger partial charge on any atom is -0.493 e. The van der Waals surface area contributed by atoms with Crippen LogP contribution in [0.1, 0.15) is 28.2 Å². The van der Waals surface area contributed by atoms with E-state index >= 15 is 0 Å². The summed E-state index contributed by atoms with van der Waals surface area (Å²) in [7, 11) is 4.62. The first-order chi connectivity index (χ1) is 14.5. The molecular formula is C22H23N3O5. The molecule has 1 aromatic heterocycles. The molecule has 0 aliphatic carbocycles. The van der Waals surface area contributed by atoms with Crippen LogP contribution < -0.4 is 25.1 Å². The molecule has 0 saturated carbocycles. The zero-order chi connectivity index (χ0) is 21.3. The Hall–Kier alpha value is -3.55. The van der Waals surface area contributed by atoms with Crippen molar-refractivity contribution in [1.29, 1.82) is 0 Å². The fourth-order valence-electron chi connectivity index (χ4n) is 3.75. The molecule has 30 heavy (non-hydrogen) atoms.